The van der Waals surface area contributed by atoms with Crippen molar-refractivity contribution in [1.29, 1.82) is 0 Å². The number of nitrogens with one attached hydrogen (secondary N) is 1. The summed E-state index contributed by atoms with van der Waals surface area (Å²) in [5.41, 5.74) is 2.54. The van der Waals surface area contributed by atoms with Gasteiger partial charge in [0.15, 0.2) is 0 Å². The average Bonchev–Trinajstić information content (AvgIpc) is 3.24. The monoisotopic (exact) mass is 295 g/mol. The van der Waals surface area contributed by atoms with Gasteiger partial charge in [-0.1, -0.05) is 31.2 Å². The fourth-order valence-electron chi connectivity index (χ4n) is 2.47. The van der Waals surface area contributed by atoms with Gasteiger partial charge in [0.2, 0.25) is 0 Å². The molecular formula is C16H25NO2S. The van der Waals surface area contributed by atoms with E-state index < -0.39 is 9.84 Å². The van der Waals surface area contributed by atoms with E-state index in [4.69, 9.17) is 0 Å². The number of benzene rings is 1. The second-order valence-corrected chi connectivity index (χ2v) is 8.23. The van der Waals surface area contributed by atoms with E-state index in [1.807, 2.05) is 12.1 Å². The van der Waals surface area contributed by atoms with Crippen molar-refractivity contribution in [3.05, 3.63) is 35.4 Å². The highest BCUT2D eigenvalue weighted by atomic mass is 32.2. The Bertz CT molecular complexity index is 535. The van der Waals surface area contributed by atoms with Crippen LogP contribution in [0.1, 0.15) is 43.2 Å². The molecule has 0 aliphatic heterocycles. The van der Waals surface area contributed by atoms with Gasteiger partial charge < -0.3 is 5.32 Å². The van der Waals surface area contributed by atoms with Crippen LogP contribution >= 0.6 is 0 Å². The van der Waals surface area contributed by atoms with Crippen molar-refractivity contribution in [2.45, 2.75) is 45.1 Å². The zero-order valence-corrected chi connectivity index (χ0v) is 13.2. The largest absolute Gasteiger partial charge is 0.313 e. The summed E-state index contributed by atoms with van der Waals surface area (Å²) in [5, 5.41) is 3.54. The molecule has 1 fully saturated rings. The summed E-state index contributed by atoms with van der Waals surface area (Å²) >= 11 is 0. The van der Waals surface area contributed by atoms with Crippen molar-refractivity contribution in [1.82, 2.24) is 5.32 Å². The van der Waals surface area contributed by atoms with Gasteiger partial charge in [-0.25, -0.2) is 8.42 Å². The summed E-state index contributed by atoms with van der Waals surface area (Å²) in [4.78, 5) is 0. The predicted molar refractivity (Wildman–Crippen MR) is 83.9 cm³/mol. The second-order valence-electron chi connectivity index (χ2n) is 5.76. The molecule has 1 saturated carbocycles. The van der Waals surface area contributed by atoms with Gasteiger partial charge in [-0.3, -0.25) is 0 Å². The smallest absolute Gasteiger partial charge is 0.150 e. The average molecular weight is 295 g/mol. The Labute approximate surface area is 122 Å². The van der Waals surface area contributed by atoms with E-state index in [0.717, 1.165) is 6.54 Å². The van der Waals surface area contributed by atoms with E-state index in [1.165, 1.54) is 24.0 Å². The molecule has 0 saturated heterocycles. The highest BCUT2D eigenvalue weighted by Crippen LogP contribution is 2.26. The van der Waals surface area contributed by atoms with Crippen molar-refractivity contribution in [2.75, 3.05) is 18.1 Å². The van der Waals surface area contributed by atoms with E-state index >= 15 is 0 Å². The maximum Gasteiger partial charge on any atom is 0.150 e. The van der Waals surface area contributed by atoms with Gasteiger partial charge >= 0.3 is 0 Å². The van der Waals surface area contributed by atoms with Crippen LogP contribution in [-0.4, -0.2) is 32.5 Å². The minimum absolute atomic E-state index is 0.240. The number of hydrogen-bond donors (Lipinski definition) is 1. The molecule has 0 radical (unpaired) electrons. The zero-order valence-electron chi connectivity index (χ0n) is 12.4. The minimum Gasteiger partial charge on any atom is -0.313 e. The third kappa shape index (κ3) is 4.60. The number of sulfone groups is 1. The Morgan fingerprint density at radius 3 is 2.60 bits per heavy atom. The molecule has 0 aromatic heterocycles. The van der Waals surface area contributed by atoms with Crippen LogP contribution < -0.4 is 5.32 Å². The van der Waals surface area contributed by atoms with Gasteiger partial charge in [0.25, 0.3) is 0 Å². The standard InChI is InChI=1S/C16H25NO2S/c1-3-20(18,19)11-10-14(12-17-15-8-9-15)16-7-5-4-6-13(16)2/h4-7,14-15,17H,3,8-12H2,1-2H3. The van der Waals surface area contributed by atoms with Crippen LogP contribution in [0.3, 0.4) is 0 Å². The molecule has 1 aliphatic rings. The molecule has 4 heteroatoms. The molecule has 1 unspecified atom stereocenters. The second kappa shape index (κ2) is 6.72. The number of aryl methyl sites for hydroxylation is 1. The topological polar surface area (TPSA) is 46.2 Å². The Kier molecular flexibility index (Phi) is 5.22. The Hall–Kier alpha value is -0.870. The lowest BCUT2D eigenvalue weighted by molar-refractivity contribution is 0.553. The fourth-order valence-corrected chi connectivity index (χ4v) is 3.41. The summed E-state index contributed by atoms with van der Waals surface area (Å²) in [7, 11) is -2.89. The number of hydrogen-bond acceptors (Lipinski definition) is 3. The normalized spacial score (nSPS) is 17.1. The summed E-state index contributed by atoms with van der Waals surface area (Å²) in [5.74, 6) is 0.816. The summed E-state index contributed by atoms with van der Waals surface area (Å²) in [6, 6.07) is 8.97. The fraction of sp³-hybridized carbons (Fsp3) is 0.625. The number of rotatable bonds is 8. The van der Waals surface area contributed by atoms with Crippen molar-refractivity contribution < 1.29 is 8.42 Å². The Morgan fingerprint density at radius 2 is 2.00 bits per heavy atom. The predicted octanol–water partition coefficient (Wildman–Crippen LogP) is 2.66. The lowest BCUT2D eigenvalue weighted by Gasteiger charge is -2.20. The molecule has 1 aromatic carbocycles. The third-order valence-corrected chi connectivity index (χ3v) is 5.81. The summed E-state index contributed by atoms with van der Waals surface area (Å²) < 4.78 is 23.5. The molecule has 1 aromatic rings. The molecule has 1 N–H and O–H groups in total. The first-order valence-electron chi connectivity index (χ1n) is 7.51. The maximum atomic E-state index is 11.8. The van der Waals surface area contributed by atoms with Gasteiger partial charge in [0.1, 0.15) is 9.84 Å². The molecule has 0 bridgehead atoms. The Balaban J connectivity index is 2.05. The SMILES string of the molecule is CCS(=O)(=O)CCC(CNC1CC1)c1ccccc1C. The molecule has 1 aliphatic carbocycles. The first-order valence-corrected chi connectivity index (χ1v) is 9.33. The van der Waals surface area contributed by atoms with Crippen molar-refractivity contribution in [2.24, 2.45) is 0 Å². The Morgan fingerprint density at radius 1 is 1.30 bits per heavy atom. The first-order chi connectivity index (χ1) is 9.52. The molecule has 3 nitrogen and oxygen atoms in total. The van der Waals surface area contributed by atoms with Crippen LogP contribution in [-0.2, 0) is 9.84 Å². The van der Waals surface area contributed by atoms with Crippen LogP contribution in [0.15, 0.2) is 24.3 Å². The van der Waals surface area contributed by atoms with Gasteiger partial charge in [-0.05, 0) is 43.2 Å². The molecule has 0 amide bonds. The van der Waals surface area contributed by atoms with E-state index in [2.05, 4.69) is 24.4 Å². The van der Waals surface area contributed by atoms with Crippen LogP contribution in [0.2, 0.25) is 0 Å². The first kappa shape index (κ1) is 15.5. The summed E-state index contributed by atoms with van der Waals surface area (Å²) in [6.45, 7) is 4.71. The van der Waals surface area contributed by atoms with Crippen LogP contribution in [0.25, 0.3) is 0 Å². The lowest BCUT2D eigenvalue weighted by atomic mass is 9.92. The highest BCUT2D eigenvalue weighted by molar-refractivity contribution is 7.91. The quantitative estimate of drug-likeness (QED) is 0.802. The van der Waals surface area contributed by atoms with E-state index in [0.29, 0.717) is 12.5 Å². The highest BCUT2D eigenvalue weighted by Gasteiger charge is 2.23. The van der Waals surface area contributed by atoms with Crippen molar-refractivity contribution in [3.63, 3.8) is 0 Å². The lowest BCUT2D eigenvalue weighted by Crippen LogP contribution is -2.25. The van der Waals surface area contributed by atoms with Crippen LogP contribution in [0.4, 0.5) is 0 Å². The zero-order chi connectivity index (χ0) is 14.6. The van der Waals surface area contributed by atoms with Gasteiger partial charge in [0, 0.05) is 18.3 Å². The molecule has 0 heterocycles. The molecule has 2 rings (SSSR count). The van der Waals surface area contributed by atoms with E-state index in [1.54, 1.807) is 6.92 Å². The van der Waals surface area contributed by atoms with Crippen LogP contribution in [0.5, 0.6) is 0 Å². The van der Waals surface area contributed by atoms with Gasteiger partial charge in [0.05, 0.1) is 5.75 Å². The van der Waals surface area contributed by atoms with Gasteiger partial charge in [-0.15, -0.1) is 0 Å². The molecular weight excluding hydrogens is 270 g/mol. The minimum atomic E-state index is -2.89. The maximum absolute atomic E-state index is 11.8. The third-order valence-electron chi connectivity index (χ3n) is 4.08. The van der Waals surface area contributed by atoms with E-state index in [-0.39, 0.29) is 17.4 Å². The molecule has 112 valence electrons. The molecule has 1 atom stereocenters. The van der Waals surface area contributed by atoms with Crippen molar-refractivity contribution >= 4 is 9.84 Å². The molecule has 0 spiro atoms. The molecule has 20 heavy (non-hydrogen) atoms. The van der Waals surface area contributed by atoms with Crippen molar-refractivity contribution in [3.8, 4) is 0 Å². The van der Waals surface area contributed by atoms with Gasteiger partial charge in [-0.2, -0.15) is 0 Å². The van der Waals surface area contributed by atoms with Crippen LogP contribution in [0, 0.1) is 6.92 Å². The van der Waals surface area contributed by atoms with E-state index in [9.17, 15) is 8.42 Å². The summed E-state index contributed by atoms with van der Waals surface area (Å²) in [6.07, 6.45) is 3.22.